The van der Waals surface area contributed by atoms with Crippen LogP contribution in [0.4, 0.5) is 0 Å². The molecule has 0 unspecified atom stereocenters. The van der Waals surface area contributed by atoms with Crippen molar-refractivity contribution in [1.82, 2.24) is 4.57 Å². The smallest absolute Gasteiger partial charge is 0.326 e. The maximum atomic E-state index is 12.4. The van der Waals surface area contributed by atoms with Crippen LogP contribution >= 0.6 is 11.3 Å². The van der Waals surface area contributed by atoms with Crippen LogP contribution in [0.3, 0.4) is 0 Å². The summed E-state index contributed by atoms with van der Waals surface area (Å²) in [5, 5.41) is 0. The first kappa shape index (κ1) is 20.8. The molecule has 3 rings (SSSR count). The van der Waals surface area contributed by atoms with E-state index in [4.69, 9.17) is 9.47 Å². The molecular formula is C22H24N2O4S. The third-order valence-corrected chi connectivity index (χ3v) is 5.28. The van der Waals surface area contributed by atoms with Crippen LogP contribution < -0.4 is 9.54 Å². The molecule has 29 heavy (non-hydrogen) atoms. The van der Waals surface area contributed by atoms with Crippen molar-refractivity contribution < 1.29 is 19.1 Å². The lowest BCUT2D eigenvalue weighted by Gasteiger charge is -2.07. The molecule has 1 aromatic heterocycles. The maximum absolute atomic E-state index is 12.4. The molecule has 3 aromatic rings. The first-order valence-corrected chi connectivity index (χ1v) is 10.3. The van der Waals surface area contributed by atoms with Crippen LogP contribution in [0.5, 0.6) is 5.75 Å². The fourth-order valence-corrected chi connectivity index (χ4v) is 4.32. The number of fused-ring (bicyclic) bond motifs is 1. The molecule has 7 heteroatoms. The molecule has 0 spiro atoms. The quantitative estimate of drug-likeness (QED) is 0.554. The fraction of sp³-hybridized carbons (Fsp3) is 0.318. The molecule has 1 amide bonds. The number of hydrogen-bond acceptors (Lipinski definition) is 5. The standard InChI is InChI=1S/C22H24N2O4S/c1-4-27-20(26)14-24-21-16(3)12-15(2)13-18(21)29-22(24)23-19(25)10-11-28-17-8-6-5-7-9-17/h5-9,12-13H,4,10-11,14H2,1-3H3. The van der Waals surface area contributed by atoms with Gasteiger partial charge < -0.3 is 14.0 Å². The van der Waals surface area contributed by atoms with Crippen LogP contribution in [-0.2, 0) is 20.9 Å². The van der Waals surface area contributed by atoms with Gasteiger partial charge in [0, 0.05) is 0 Å². The van der Waals surface area contributed by atoms with Gasteiger partial charge in [0.05, 0.1) is 29.9 Å². The van der Waals surface area contributed by atoms with E-state index in [0.29, 0.717) is 17.2 Å². The number of hydrogen-bond donors (Lipinski definition) is 0. The van der Waals surface area contributed by atoms with Gasteiger partial charge >= 0.3 is 5.97 Å². The van der Waals surface area contributed by atoms with Crippen LogP contribution in [0.25, 0.3) is 10.2 Å². The van der Waals surface area contributed by atoms with Gasteiger partial charge in [-0.25, -0.2) is 0 Å². The molecule has 0 saturated carbocycles. The molecule has 0 radical (unpaired) electrons. The Hall–Kier alpha value is -2.93. The van der Waals surface area contributed by atoms with E-state index in [0.717, 1.165) is 21.3 Å². The molecule has 0 N–H and O–H groups in total. The lowest BCUT2D eigenvalue weighted by molar-refractivity contribution is -0.143. The summed E-state index contributed by atoms with van der Waals surface area (Å²) in [7, 11) is 0. The van der Waals surface area contributed by atoms with Crippen molar-refractivity contribution in [2.75, 3.05) is 13.2 Å². The summed E-state index contributed by atoms with van der Waals surface area (Å²) in [5.74, 6) is 0.0681. The predicted molar refractivity (Wildman–Crippen MR) is 113 cm³/mol. The lowest BCUT2D eigenvalue weighted by Crippen LogP contribution is -2.23. The Morgan fingerprint density at radius 1 is 1.14 bits per heavy atom. The normalized spacial score (nSPS) is 11.6. The van der Waals surface area contributed by atoms with Crippen molar-refractivity contribution in [2.45, 2.75) is 33.7 Å². The van der Waals surface area contributed by atoms with Crippen molar-refractivity contribution >= 4 is 33.4 Å². The van der Waals surface area contributed by atoms with Crippen molar-refractivity contribution in [3.05, 3.63) is 58.4 Å². The molecule has 152 valence electrons. The number of benzene rings is 2. The van der Waals surface area contributed by atoms with E-state index in [1.807, 2.05) is 50.2 Å². The van der Waals surface area contributed by atoms with Crippen molar-refractivity contribution in [3.8, 4) is 5.75 Å². The van der Waals surface area contributed by atoms with E-state index in [1.165, 1.54) is 11.3 Å². The van der Waals surface area contributed by atoms with Gasteiger partial charge in [0.1, 0.15) is 12.3 Å². The fourth-order valence-electron chi connectivity index (χ4n) is 3.09. The van der Waals surface area contributed by atoms with Gasteiger partial charge in [-0.2, -0.15) is 4.99 Å². The van der Waals surface area contributed by atoms with Gasteiger partial charge in [0.15, 0.2) is 4.80 Å². The Bertz CT molecular complexity index is 1080. The van der Waals surface area contributed by atoms with Crippen molar-refractivity contribution in [3.63, 3.8) is 0 Å². The van der Waals surface area contributed by atoms with E-state index >= 15 is 0 Å². The predicted octanol–water partition coefficient (Wildman–Crippen LogP) is 3.78. The summed E-state index contributed by atoms with van der Waals surface area (Å²) in [5.41, 5.74) is 3.05. The topological polar surface area (TPSA) is 69.9 Å². The van der Waals surface area contributed by atoms with Gasteiger partial charge in [-0.1, -0.05) is 35.6 Å². The first-order chi connectivity index (χ1) is 14.0. The molecule has 0 aliphatic heterocycles. The molecule has 0 bridgehead atoms. The van der Waals surface area contributed by atoms with Gasteiger partial charge in [0.25, 0.3) is 5.91 Å². The number of ether oxygens (including phenoxy) is 2. The number of aromatic nitrogens is 1. The maximum Gasteiger partial charge on any atom is 0.326 e. The number of thiazole rings is 1. The largest absolute Gasteiger partial charge is 0.493 e. The molecule has 1 heterocycles. The summed E-state index contributed by atoms with van der Waals surface area (Å²) in [4.78, 5) is 29.3. The van der Waals surface area contributed by atoms with E-state index < -0.39 is 0 Å². The highest BCUT2D eigenvalue weighted by Crippen LogP contribution is 2.23. The number of para-hydroxylation sites is 1. The minimum atomic E-state index is -0.353. The van der Waals surface area contributed by atoms with Crippen LogP contribution in [0.1, 0.15) is 24.5 Å². The zero-order valence-electron chi connectivity index (χ0n) is 16.8. The molecule has 0 atom stereocenters. The average Bonchev–Trinajstić information content (AvgIpc) is 2.99. The third-order valence-electron chi connectivity index (χ3n) is 4.25. The summed E-state index contributed by atoms with van der Waals surface area (Å²) in [6.45, 7) is 6.34. The Balaban J connectivity index is 1.86. The number of carbonyl (C=O) groups excluding carboxylic acids is 2. The van der Waals surface area contributed by atoms with E-state index in [-0.39, 0.29) is 31.4 Å². The summed E-state index contributed by atoms with van der Waals surface area (Å²) < 4.78 is 13.4. The van der Waals surface area contributed by atoms with Gasteiger partial charge in [-0.15, -0.1) is 0 Å². The second kappa shape index (κ2) is 9.52. The Morgan fingerprint density at radius 2 is 1.90 bits per heavy atom. The number of carbonyl (C=O) groups is 2. The second-order valence-corrected chi connectivity index (χ2v) is 7.63. The SMILES string of the molecule is CCOC(=O)Cn1c(=NC(=O)CCOc2ccccc2)sc2cc(C)cc(C)c21. The molecule has 0 fully saturated rings. The molecule has 2 aromatic carbocycles. The molecule has 0 aliphatic carbocycles. The van der Waals surface area contributed by atoms with E-state index in [9.17, 15) is 9.59 Å². The van der Waals surface area contributed by atoms with Crippen LogP contribution in [0.15, 0.2) is 47.5 Å². The zero-order chi connectivity index (χ0) is 20.8. The van der Waals surface area contributed by atoms with Gasteiger partial charge in [0.2, 0.25) is 0 Å². The number of aryl methyl sites for hydroxylation is 2. The Labute approximate surface area is 173 Å². The van der Waals surface area contributed by atoms with Crippen LogP contribution in [0, 0.1) is 13.8 Å². The molecule has 0 saturated heterocycles. The van der Waals surface area contributed by atoms with E-state index in [2.05, 4.69) is 11.1 Å². The Kier molecular flexibility index (Phi) is 6.82. The highest BCUT2D eigenvalue weighted by atomic mass is 32.1. The first-order valence-electron chi connectivity index (χ1n) is 9.49. The van der Waals surface area contributed by atoms with Crippen molar-refractivity contribution in [1.29, 1.82) is 0 Å². The van der Waals surface area contributed by atoms with Gasteiger partial charge in [-0.3, -0.25) is 9.59 Å². The number of rotatable bonds is 7. The molecule has 6 nitrogen and oxygen atoms in total. The second-order valence-electron chi connectivity index (χ2n) is 6.62. The molecule has 0 aliphatic rings. The summed E-state index contributed by atoms with van der Waals surface area (Å²) >= 11 is 1.40. The Morgan fingerprint density at radius 3 is 2.62 bits per heavy atom. The lowest BCUT2D eigenvalue weighted by atomic mass is 10.1. The number of nitrogens with zero attached hydrogens (tertiary/aromatic N) is 2. The van der Waals surface area contributed by atoms with Gasteiger partial charge in [-0.05, 0) is 50.1 Å². The monoisotopic (exact) mass is 412 g/mol. The van der Waals surface area contributed by atoms with Crippen molar-refractivity contribution in [2.24, 2.45) is 4.99 Å². The number of esters is 1. The summed E-state index contributed by atoms with van der Waals surface area (Å²) in [6.07, 6.45) is 0.153. The minimum Gasteiger partial charge on any atom is -0.493 e. The highest BCUT2D eigenvalue weighted by molar-refractivity contribution is 7.16. The van der Waals surface area contributed by atoms with Crippen LogP contribution in [-0.4, -0.2) is 29.7 Å². The highest BCUT2D eigenvalue weighted by Gasteiger charge is 2.14. The third kappa shape index (κ3) is 5.32. The zero-order valence-corrected chi connectivity index (χ0v) is 17.6. The summed E-state index contributed by atoms with van der Waals surface area (Å²) in [6, 6.07) is 13.4. The number of amides is 1. The molecular weight excluding hydrogens is 388 g/mol. The van der Waals surface area contributed by atoms with E-state index in [1.54, 1.807) is 11.5 Å². The minimum absolute atomic E-state index is 0.0182. The van der Waals surface area contributed by atoms with Crippen LogP contribution in [0.2, 0.25) is 0 Å². The average molecular weight is 413 g/mol.